The van der Waals surface area contributed by atoms with Crippen LogP contribution < -0.4 is 10.6 Å². The Balaban J connectivity index is 2.03. The summed E-state index contributed by atoms with van der Waals surface area (Å²) in [6, 6.07) is 0. The van der Waals surface area contributed by atoms with E-state index in [2.05, 4.69) is 27.5 Å². The van der Waals surface area contributed by atoms with Crippen molar-refractivity contribution in [2.75, 3.05) is 30.8 Å². The van der Waals surface area contributed by atoms with E-state index in [9.17, 15) is 5.11 Å². The lowest BCUT2D eigenvalue weighted by atomic mass is 9.79. The van der Waals surface area contributed by atoms with E-state index in [0.717, 1.165) is 36.6 Å². The molecule has 3 N–H and O–H groups in total. The Morgan fingerprint density at radius 3 is 2.55 bits per heavy atom. The van der Waals surface area contributed by atoms with Gasteiger partial charge in [-0.05, 0) is 31.1 Å². The van der Waals surface area contributed by atoms with E-state index < -0.39 is 0 Å². The van der Waals surface area contributed by atoms with Crippen molar-refractivity contribution in [1.29, 1.82) is 0 Å². The van der Waals surface area contributed by atoms with Crippen molar-refractivity contribution in [3.05, 3.63) is 11.9 Å². The average molecular weight is 278 g/mol. The highest BCUT2D eigenvalue weighted by Crippen LogP contribution is 2.30. The Bertz CT molecular complexity index is 424. The Morgan fingerprint density at radius 2 is 1.90 bits per heavy atom. The van der Waals surface area contributed by atoms with Gasteiger partial charge in [0.2, 0.25) is 0 Å². The van der Waals surface area contributed by atoms with Crippen LogP contribution in [0.3, 0.4) is 0 Å². The maximum Gasteiger partial charge on any atom is 0.134 e. The summed E-state index contributed by atoms with van der Waals surface area (Å²) in [5, 5.41) is 16.1. The van der Waals surface area contributed by atoms with Gasteiger partial charge in [0.05, 0.1) is 0 Å². The summed E-state index contributed by atoms with van der Waals surface area (Å²) in [5.41, 5.74) is 1.13. The van der Waals surface area contributed by atoms with Crippen molar-refractivity contribution in [3.8, 4) is 0 Å². The summed E-state index contributed by atoms with van der Waals surface area (Å²) in [6.45, 7) is 3.30. The van der Waals surface area contributed by atoms with Gasteiger partial charge >= 0.3 is 0 Å². The molecule has 0 radical (unpaired) electrons. The van der Waals surface area contributed by atoms with Gasteiger partial charge in [0, 0.05) is 25.8 Å². The predicted octanol–water partition coefficient (Wildman–Crippen LogP) is 2.29. The Morgan fingerprint density at radius 1 is 1.20 bits per heavy atom. The third-order valence-corrected chi connectivity index (χ3v) is 4.37. The van der Waals surface area contributed by atoms with Crippen LogP contribution in [0.15, 0.2) is 6.33 Å². The minimum Gasteiger partial charge on any atom is -0.396 e. The molecule has 2 rings (SSSR count). The zero-order chi connectivity index (χ0) is 14.4. The molecule has 1 fully saturated rings. The number of aliphatic hydroxyl groups is 1. The molecule has 0 aliphatic heterocycles. The molecule has 0 bridgehead atoms. The monoisotopic (exact) mass is 278 g/mol. The quantitative estimate of drug-likeness (QED) is 0.745. The number of aliphatic hydroxyl groups excluding tert-OH is 1. The Hall–Kier alpha value is -1.36. The normalized spacial score (nSPS) is 22.6. The van der Waals surface area contributed by atoms with Crippen LogP contribution in [0, 0.1) is 11.8 Å². The van der Waals surface area contributed by atoms with Crippen LogP contribution in [-0.2, 0) is 6.42 Å². The van der Waals surface area contributed by atoms with Crippen LogP contribution >= 0.6 is 0 Å². The number of hydrogen-bond donors (Lipinski definition) is 3. The van der Waals surface area contributed by atoms with Crippen LogP contribution in [0.5, 0.6) is 0 Å². The molecule has 5 heteroatoms. The van der Waals surface area contributed by atoms with Gasteiger partial charge in [0.25, 0.3) is 0 Å². The molecule has 1 heterocycles. The summed E-state index contributed by atoms with van der Waals surface area (Å²) in [7, 11) is 1.88. The lowest BCUT2D eigenvalue weighted by molar-refractivity contribution is 0.141. The van der Waals surface area contributed by atoms with Crippen LogP contribution in [0.2, 0.25) is 0 Å². The third-order valence-electron chi connectivity index (χ3n) is 4.37. The number of hydrogen-bond acceptors (Lipinski definition) is 5. The van der Waals surface area contributed by atoms with Crippen LogP contribution in [0.25, 0.3) is 0 Å². The van der Waals surface area contributed by atoms with Gasteiger partial charge in [-0.25, -0.2) is 9.97 Å². The lowest BCUT2D eigenvalue weighted by Crippen LogP contribution is -2.29. The molecule has 1 aliphatic carbocycles. The molecule has 1 aliphatic rings. The first-order chi connectivity index (χ1) is 9.80. The predicted molar refractivity (Wildman–Crippen MR) is 82.0 cm³/mol. The van der Waals surface area contributed by atoms with Crippen LogP contribution in [-0.4, -0.2) is 35.3 Å². The second kappa shape index (κ2) is 7.43. The first-order valence-electron chi connectivity index (χ1n) is 7.66. The van der Waals surface area contributed by atoms with Crippen molar-refractivity contribution < 1.29 is 5.11 Å². The first-order valence-corrected chi connectivity index (χ1v) is 7.66. The molecule has 2 unspecified atom stereocenters. The van der Waals surface area contributed by atoms with E-state index in [-0.39, 0.29) is 0 Å². The van der Waals surface area contributed by atoms with Gasteiger partial charge in [0.1, 0.15) is 18.0 Å². The molecular formula is C15H26N4O. The molecule has 1 aromatic heterocycles. The van der Waals surface area contributed by atoms with Gasteiger partial charge in [0.15, 0.2) is 0 Å². The fourth-order valence-corrected chi connectivity index (χ4v) is 3.14. The van der Waals surface area contributed by atoms with Gasteiger partial charge in [-0.3, -0.25) is 0 Å². The largest absolute Gasteiger partial charge is 0.396 e. The molecule has 0 spiro atoms. The van der Waals surface area contributed by atoms with Gasteiger partial charge in [-0.1, -0.05) is 19.8 Å². The molecule has 0 amide bonds. The zero-order valence-electron chi connectivity index (χ0n) is 12.5. The van der Waals surface area contributed by atoms with Crippen molar-refractivity contribution in [2.45, 2.75) is 39.0 Å². The topological polar surface area (TPSA) is 70.1 Å². The number of anilines is 2. The van der Waals surface area contributed by atoms with Crippen molar-refractivity contribution in [3.63, 3.8) is 0 Å². The second-order valence-electron chi connectivity index (χ2n) is 5.52. The molecule has 1 aromatic rings. The SMILES string of the molecule is CCc1c(NC)ncnc1NCC1CCCCC1CO. The number of rotatable bonds is 6. The molecule has 0 aromatic carbocycles. The van der Waals surface area contributed by atoms with E-state index >= 15 is 0 Å². The smallest absolute Gasteiger partial charge is 0.134 e. The van der Waals surface area contributed by atoms with Crippen molar-refractivity contribution in [2.24, 2.45) is 11.8 Å². The maximum absolute atomic E-state index is 9.48. The first kappa shape index (κ1) is 15.0. The molecule has 2 atom stereocenters. The van der Waals surface area contributed by atoms with E-state index in [1.807, 2.05) is 7.05 Å². The van der Waals surface area contributed by atoms with E-state index in [1.54, 1.807) is 6.33 Å². The molecule has 0 saturated heterocycles. The standard InChI is InChI=1S/C15H26N4O/c1-3-13-14(16-2)18-10-19-15(13)17-8-11-6-4-5-7-12(11)9-20/h10-12,20H,3-9H2,1-2H3,(H2,16,17,18,19). The highest BCUT2D eigenvalue weighted by atomic mass is 16.3. The van der Waals surface area contributed by atoms with E-state index in [1.165, 1.54) is 19.3 Å². The Labute approximate surface area is 121 Å². The molecule has 1 saturated carbocycles. The zero-order valence-corrected chi connectivity index (χ0v) is 12.5. The average Bonchev–Trinajstić information content (AvgIpc) is 2.52. The molecule has 112 valence electrons. The summed E-state index contributed by atoms with van der Waals surface area (Å²) >= 11 is 0. The molecule has 5 nitrogen and oxygen atoms in total. The second-order valence-corrected chi connectivity index (χ2v) is 5.52. The van der Waals surface area contributed by atoms with Gasteiger partial charge in [-0.15, -0.1) is 0 Å². The summed E-state index contributed by atoms with van der Waals surface area (Å²) in [4.78, 5) is 8.62. The van der Waals surface area contributed by atoms with Crippen molar-refractivity contribution >= 4 is 11.6 Å². The fraction of sp³-hybridized carbons (Fsp3) is 0.733. The van der Waals surface area contributed by atoms with E-state index in [4.69, 9.17) is 0 Å². The molecular weight excluding hydrogens is 252 g/mol. The van der Waals surface area contributed by atoms with Gasteiger partial charge in [-0.2, -0.15) is 0 Å². The minimum atomic E-state index is 0.304. The number of nitrogens with one attached hydrogen (secondary N) is 2. The summed E-state index contributed by atoms with van der Waals surface area (Å²) in [5.74, 6) is 2.81. The van der Waals surface area contributed by atoms with Crippen LogP contribution in [0.1, 0.15) is 38.2 Å². The Kier molecular flexibility index (Phi) is 5.59. The van der Waals surface area contributed by atoms with E-state index in [0.29, 0.717) is 18.4 Å². The highest BCUT2D eigenvalue weighted by Gasteiger charge is 2.24. The number of nitrogens with zero attached hydrogens (tertiary/aromatic N) is 2. The number of aromatic nitrogens is 2. The van der Waals surface area contributed by atoms with Crippen LogP contribution in [0.4, 0.5) is 11.6 Å². The van der Waals surface area contributed by atoms with Gasteiger partial charge < -0.3 is 15.7 Å². The minimum absolute atomic E-state index is 0.304. The summed E-state index contributed by atoms with van der Waals surface area (Å²) in [6.07, 6.45) is 7.36. The third kappa shape index (κ3) is 3.39. The van der Waals surface area contributed by atoms with Crippen molar-refractivity contribution in [1.82, 2.24) is 9.97 Å². The molecule has 20 heavy (non-hydrogen) atoms. The highest BCUT2D eigenvalue weighted by molar-refractivity contribution is 5.57. The summed E-state index contributed by atoms with van der Waals surface area (Å²) < 4.78 is 0. The lowest BCUT2D eigenvalue weighted by Gasteiger charge is -2.30. The maximum atomic E-state index is 9.48. The fourth-order valence-electron chi connectivity index (χ4n) is 3.14.